The van der Waals surface area contributed by atoms with Gasteiger partial charge in [0.2, 0.25) is 6.36 Å². The SMILES string of the molecule is COC(=O)C1OC(F)C(OC(C)=O)C(OC(C)=O)C1OC(C)=O. The van der Waals surface area contributed by atoms with Crippen LogP contribution in [0.25, 0.3) is 0 Å². The minimum absolute atomic E-state index is 0.844. The van der Waals surface area contributed by atoms with Crippen LogP contribution >= 0.6 is 0 Å². The molecular weight excluding hydrogens is 319 g/mol. The molecule has 0 N–H and O–H groups in total. The van der Waals surface area contributed by atoms with Crippen LogP contribution in [0.15, 0.2) is 0 Å². The summed E-state index contributed by atoms with van der Waals surface area (Å²) < 4.78 is 37.9. The molecule has 9 nitrogen and oxygen atoms in total. The van der Waals surface area contributed by atoms with Gasteiger partial charge in [-0.25, -0.2) is 9.18 Å². The lowest BCUT2D eigenvalue weighted by Crippen LogP contribution is -2.62. The second kappa shape index (κ2) is 7.86. The molecule has 1 rings (SSSR count). The molecule has 0 radical (unpaired) electrons. The number of rotatable bonds is 4. The second-order valence-electron chi connectivity index (χ2n) is 4.65. The Bertz CT molecular complexity index is 492. The van der Waals surface area contributed by atoms with Gasteiger partial charge in [-0.1, -0.05) is 0 Å². The van der Waals surface area contributed by atoms with Crippen LogP contribution in [0.2, 0.25) is 0 Å². The zero-order valence-corrected chi connectivity index (χ0v) is 12.9. The summed E-state index contributed by atoms with van der Waals surface area (Å²) in [5, 5.41) is 0. The first kappa shape index (κ1) is 18.8. The zero-order chi connectivity index (χ0) is 17.7. The van der Waals surface area contributed by atoms with E-state index in [1.807, 2.05) is 0 Å². The Morgan fingerprint density at radius 3 is 1.70 bits per heavy atom. The highest BCUT2D eigenvalue weighted by atomic mass is 19.1. The van der Waals surface area contributed by atoms with Crippen LogP contribution in [0.5, 0.6) is 0 Å². The molecule has 0 aliphatic carbocycles. The number of ether oxygens (including phenoxy) is 5. The summed E-state index contributed by atoms with van der Waals surface area (Å²) in [6, 6.07) is 0. The van der Waals surface area contributed by atoms with E-state index in [4.69, 9.17) is 18.9 Å². The fourth-order valence-corrected chi connectivity index (χ4v) is 2.07. The summed E-state index contributed by atoms with van der Waals surface area (Å²) in [6.45, 7) is 3.05. The lowest BCUT2D eigenvalue weighted by molar-refractivity contribution is -0.271. The van der Waals surface area contributed by atoms with E-state index in [1.165, 1.54) is 0 Å². The van der Waals surface area contributed by atoms with Crippen molar-refractivity contribution in [3.8, 4) is 0 Å². The minimum atomic E-state index is -2.29. The molecule has 0 bridgehead atoms. The zero-order valence-electron chi connectivity index (χ0n) is 12.9. The van der Waals surface area contributed by atoms with Gasteiger partial charge in [0.15, 0.2) is 24.4 Å². The van der Waals surface area contributed by atoms with Crippen molar-refractivity contribution >= 4 is 23.9 Å². The largest absolute Gasteiger partial charge is 0.467 e. The summed E-state index contributed by atoms with van der Waals surface area (Å²) >= 11 is 0. The molecule has 23 heavy (non-hydrogen) atoms. The molecule has 0 aromatic rings. The highest BCUT2D eigenvalue weighted by molar-refractivity contribution is 5.77. The molecule has 1 fully saturated rings. The third-order valence-corrected chi connectivity index (χ3v) is 2.82. The monoisotopic (exact) mass is 336 g/mol. The summed E-state index contributed by atoms with van der Waals surface area (Å²) in [7, 11) is 1.02. The van der Waals surface area contributed by atoms with Gasteiger partial charge in [-0.05, 0) is 0 Å². The summed E-state index contributed by atoms with van der Waals surface area (Å²) in [5.74, 6) is -3.63. The molecule has 1 saturated heterocycles. The van der Waals surface area contributed by atoms with Crippen LogP contribution in [0.3, 0.4) is 0 Å². The van der Waals surface area contributed by atoms with Gasteiger partial charge >= 0.3 is 23.9 Å². The summed E-state index contributed by atoms with van der Waals surface area (Å²) in [5.41, 5.74) is 0. The van der Waals surface area contributed by atoms with Gasteiger partial charge in [0, 0.05) is 20.8 Å². The topological polar surface area (TPSA) is 114 Å². The molecule has 1 aliphatic heterocycles. The fourth-order valence-electron chi connectivity index (χ4n) is 2.07. The van der Waals surface area contributed by atoms with Crippen molar-refractivity contribution < 1.29 is 47.3 Å². The Morgan fingerprint density at radius 2 is 1.26 bits per heavy atom. The summed E-state index contributed by atoms with van der Waals surface area (Å²) in [4.78, 5) is 45.3. The number of halogens is 1. The molecule has 0 amide bonds. The average Bonchev–Trinajstić information content (AvgIpc) is 2.43. The maximum atomic E-state index is 14.1. The van der Waals surface area contributed by atoms with Gasteiger partial charge in [0.25, 0.3) is 0 Å². The number of hydrogen-bond acceptors (Lipinski definition) is 9. The van der Waals surface area contributed by atoms with Gasteiger partial charge in [-0.2, -0.15) is 0 Å². The number of carbonyl (C=O) groups is 4. The number of carbonyl (C=O) groups excluding carboxylic acids is 4. The van der Waals surface area contributed by atoms with Gasteiger partial charge in [-0.15, -0.1) is 0 Å². The number of esters is 4. The van der Waals surface area contributed by atoms with E-state index in [0.29, 0.717) is 0 Å². The number of hydrogen-bond donors (Lipinski definition) is 0. The van der Waals surface area contributed by atoms with Crippen LogP contribution in [0.4, 0.5) is 4.39 Å². The van der Waals surface area contributed by atoms with Gasteiger partial charge in [0.05, 0.1) is 7.11 Å². The number of methoxy groups -OCH3 is 1. The minimum Gasteiger partial charge on any atom is -0.467 e. The summed E-state index contributed by atoms with van der Waals surface area (Å²) in [6.07, 6.45) is -8.80. The molecule has 0 aromatic heterocycles. The smallest absolute Gasteiger partial charge is 0.339 e. The van der Waals surface area contributed by atoms with E-state index in [9.17, 15) is 23.6 Å². The molecule has 130 valence electrons. The lowest BCUT2D eigenvalue weighted by atomic mass is 9.98. The highest BCUT2D eigenvalue weighted by Gasteiger charge is 2.55. The first-order valence-electron chi connectivity index (χ1n) is 6.56. The first-order chi connectivity index (χ1) is 10.7. The number of alkyl halides is 1. The van der Waals surface area contributed by atoms with Crippen LogP contribution in [-0.2, 0) is 42.9 Å². The van der Waals surface area contributed by atoms with Crippen molar-refractivity contribution in [1.29, 1.82) is 0 Å². The lowest BCUT2D eigenvalue weighted by Gasteiger charge is -2.40. The molecular formula is C13H17FO9. The van der Waals surface area contributed by atoms with Gasteiger partial charge in [0.1, 0.15) is 0 Å². The van der Waals surface area contributed by atoms with Crippen LogP contribution in [0.1, 0.15) is 20.8 Å². The predicted octanol–water partition coefficient (Wildman–Crippen LogP) is -0.351. The predicted molar refractivity (Wildman–Crippen MR) is 68.4 cm³/mol. The van der Waals surface area contributed by atoms with E-state index in [2.05, 4.69) is 4.74 Å². The third-order valence-electron chi connectivity index (χ3n) is 2.82. The Hall–Kier alpha value is -2.23. The van der Waals surface area contributed by atoms with E-state index in [-0.39, 0.29) is 0 Å². The Morgan fingerprint density at radius 1 is 0.826 bits per heavy atom. The molecule has 0 saturated carbocycles. The Labute approximate surface area is 130 Å². The quantitative estimate of drug-likeness (QED) is 0.502. The third kappa shape index (κ3) is 4.88. The Kier molecular flexibility index (Phi) is 6.43. The fraction of sp³-hybridized carbons (Fsp3) is 0.692. The molecule has 5 atom stereocenters. The maximum Gasteiger partial charge on any atom is 0.339 e. The van der Waals surface area contributed by atoms with Crippen LogP contribution in [0, 0.1) is 0 Å². The maximum absolute atomic E-state index is 14.1. The van der Waals surface area contributed by atoms with Gasteiger partial charge in [-0.3, -0.25) is 14.4 Å². The molecule has 1 aliphatic rings. The van der Waals surface area contributed by atoms with Crippen molar-refractivity contribution in [1.82, 2.24) is 0 Å². The van der Waals surface area contributed by atoms with E-state index in [1.54, 1.807) is 0 Å². The molecule has 0 aromatic carbocycles. The molecule has 1 heterocycles. The molecule has 10 heteroatoms. The van der Waals surface area contributed by atoms with Crippen LogP contribution in [-0.4, -0.2) is 61.8 Å². The van der Waals surface area contributed by atoms with Crippen molar-refractivity contribution in [3.05, 3.63) is 0 Å². The molecule has 5 unspecified atom stereocenters. The van der Waals surface area contributed by atoms with Crippen molar-refractivity contribution in [2.75, 3.05) is 7.11 Å². The van der Waals surface area contributed by atoms with Crippen molar-refractivity contribution in [2.24, 2.45) is 0 Å². The van der Waals surface area contributed by atoms with Crippen LogP contribution < -0.4 is 0 Å². The van der Waals surface area contributed by atoms with E-state index < -0.39 is 54.7 Å². The standard InChI is InChI=1S/C13H17FO9/c1-5(15)20-8-9(21-6(2)16)11(13(18)19-4)23-12(14)10(8)22-7(3)17/h8-12H,1-4H3. The van der Waals surface area contributed by atoms with E-state index in [0.717, 1.165) is 27.9 Å². The second-order valence-corrected chi connectivity index (χ2v) is 4.65. The van der Waals surface area contributed by atoms with E-state index >= 15 is 0 Å². The van der Waals surface area contributed by atoms with Crippen molar-refractivity contribution in [2.45, 2.75) is 51.5 Å². The normalized spacial score (nSPS) is 30.0. The van der Waals surface area contributed by atoms with Crippen molar-refractivity contribution in [3.63, 3.8) is 0 Å². The highest BCUT2D eigenvalue weighted by Crippen LogP contribution is 2.30. The molecule has 0 spiro atoms. The van der Waals surface area contributed by atoms with Gasteiger partial charge < -0.3 is 23.7 Å². The average molecular weight is 336 g/mol. The Balaban J connectivity index is 3.21. The first-order valence-corrected chi connectivity index (χ1v) is 6.56.